The molecule has 0 bridgehead atoms. The molecule has 1 rings (SSSR count). The monoisotopic (exact) mass is 226 g/mol. The molecule has 0 saturated heterocycles. The maximum Gasteiger partial charge on any atom is 0.307 e. The van der Waals surface area contributed by atoms with Crippen LogP contribution in [-0.2, 0) is 4.79 Å². The number of hydrogen-bond acceptors (Lipinski definition) is 4. The van der Waals surface area contributed by atoms with Crippen LogP contribution in [0.1, 0.15) is 12.0 Å². The molecular weight excluding hydrogens is 220 g/mol. The van der Waals surface area contributed by atoms with Gasteiger partial charge in [0, 0.05) is 18.7 Å². The summed E-state index contributed by atoms with van der Waals surface area (Å²) in [4.78, 5) is 23.6. The van der Waals surface area contributed by atoms with Crippen LogP contribution >= 0.6 is 11.6 Å². The molecule has 1 aromatic rings. The molecule has 0 aliphatic heterocycles. The summed E-state index contributed by atoms with van der Waals surface area (Å²) in [6, 6.07) is 1.30. The van der Waals surface area contributed by atoms with Crippen LogP contribution in [-0.4, -0.2) is 16.2 Å². The minimum Gasteiger partial charge on any atom is -0.303 e. The Bertz CT molecular complexity index is 418. The van der Waals surface area contributed by atoms with Gasteiger partial charge in [0.2, 0.25) is 5.15 Å². The highest BCUT2D eigenvalue weighted by molar-refractivity contribution is 6.31. The zero-order valence-corrected chi connectivity index (χ0v) is 8.35. The number of carbonyl (C=O) groups excluding carboxylic acids is 1. The highest BCUT2D eigenvalue weighted by Gasteiger charge is 2.12. The number of allylic oxidation sites excluding steroid dienone is 1. The van der Waals surface area contributed by atoms with Gasteiger partial charge in [0.1, 0.15) is 6.29 Å². The van der Waals surface area contributed by atoms with E-state index in [1.165, 1.54) is 12.3 Å². The van der Waals surface area contributed by atoms with Crippen molar-refractivity contribution in [1.82, 2.24) is 4.98 Å². The number of aldehydes is 1. The fourth-order valence-electron chi connectivity index (χ4n) is 0.931. The molecular formula is C9H7ClN2O3. The maximum atomic E-state index is 10.5. The third kappa shape index (κ3) is 3.14. The summed E-state index contributed by atoms with van der Waals surface area (Å²) in [6.07, 6.45) is 5.55. The average molecular weight is 227 g/mol. The molecule has 5 nitrogen and oxygen atoms in total. The molecule has 0 saturated carbocycles. The predicted molar refractivity (Wildman–Crippen MR) is 55.6 cm³/mol. The Morgan fingerprint density at radius 1 is 1.60 bits per heavy atom. The second-order valence-electron chi connectivity index (χ2n) is 2.64. The van der Waals surface area contributed by atoms with Gasteiger partial charge in [0.25, 0.3) is 0 Å². The van der Waals surface area contributed by atoms with Crippen LogP contribution in [0.4, 0.5) is 5.69 Å². The molecule has 78 valence electrons. The molecule has 0 amide bonds. The van der Waals surface area contributed by atoms with E-state index < -0.39 is 4.92 Å². The van der Waals surface area contributed by atoms with Crippen molar-refractivity contribution in [3.8, 4) is 0 Å². The van der Waals surface area contributed by atoms with Crippen molar-refractivity contribution in [1.29, 1.82) is 0 Å². The Morgan fingerprint density at radius 2 is 2.33 bits per heavy atom. The van der Waals surface area contributed by atoms with Crippen LogP contribution in [0, 0.1) is 10.1 Å². The molecule has 15 heavy (non-hydrogen) atoms. The lowest BCUT2D eigenvalue weighted by Crippen LogP contribution is -1.91. The van der Waals surface area contributed by atoms with Gasteiger partial charge in [-0.3, -0.25) is 10.1 Å². The summed E-state index contributed by atoms with van der Waals surface area (Å²) in [5, 5.41) is 10.4. The van der Waals surface area contributed by atoms with Crippen molar-refractivity contribution in [2.24, 2.45) is 0 Å². The van der Waals surface area contributed by atoms with Gasteiger partial charge in [0.15, 0.2) is 0 Å². The van der Waals surface area contributed by atoms with Crippen molar-refractivity contribution >= 4 is 29.7 Å². The van der Waals surface area contributed by atoms with Crippen LogP contribution in [0.5, 0.6) is 0 Å². The normalized spacial score (nSPS) is 10.5. The van der Waals surface area contributed by atoms with Gasteiger partial charge in [-0.15, -0.1) is 0 Å². The van der Waals surface area contributed by atoms with E-state index >= 15 is 0 Å². The molecule has 6 heteroatoms. The van der Waals surface area contributed by atoms with Gasteiger partial charge in [-0.25, -0.2) is 4.98 Å². The Labute approximate surface area is 90.5 Å². The summed E-state index contributed by atoms with van der Waals surface area (Å²) < 4.78 is 0. The summed E-state index contributed by atoms with van der Waals surface area (Å²) in [5.74, 6) is 0. The molecule has 0 aliphatic rings. The maximum absolute atomic E-state index is 10.5. The van der Waals surface area contributed by atoms with Gasteiger partial charge in [0.05, 0.1) is 4.92 Å². The van der Waals surface area contributed by atoms with Crippen molar-refractivity contribution in [3.05, 3.63) is 39.2 Å². The summed E-state index contributed by atoms with van der Waals surface area (Å²) >= 11 is 5.52. The SMILES string of the molecule is O=CCC=Cc1cnc(Cl)c([N+](=O)[O-])c1. The minimum atomic E-state index is -0.605. The first-order valence-corrected chi connectivity index (χ1v) is 4.43. The molecule has 0 aromatic carbocycles. The van der Waals surface area contributed by atoms with E-state index in [0.717, 1.165) is 6.29 Å². The van der Waals surface area contributed by atoms with Crippen LogP contribution < -0.4 is 0 Å². The molecule has 1 heterocycles. The molecule has 0 spiro atoms. The van der Waals surface area contributed by atoms with E-state index in [-0.39, 0.29) is 17.3 Å². The van der Waals surface area contributed by atoms with Crippen molar-refractivity contribution in [2.75, 3.05) is 0 Å². The fraction of sp³-hybridized carbons (Fsp3) is 0.111. The first kappa shape index (κ1) is 11.3. The van der Waals surface area contributed by atoms with Crippen molar-refractivity contribution in [3.63, 3.8) is 0 Å². The minimum absolute atomic E-state index is 0.146. The van der Waals surface area contributed by atoms with Crippen molar-refractivity contribution < 1.29 is 9.72 Å². The molecule has 0 fully saturated rings. The van der Waals surface area contributed by atoms with Gasteiger partial charge >= 0.3 is 5.69 Å². The lowest BCUT2D eigenvalue weighted by molar-refractivity contribution is -0.385. The second kappa shape index (κ2) is 5.21. The van der Waals surface area contributed by atoms with E-state index in [4.69, 9.17) is 11.6 Å². The Hall–Kier alpha value is -1.75. The molecule has 0 aliphatic carbocycles. The van der Waals surface area contributed by atoms with Gasteiger partial charge in [-0.1, -0.05) is 23.8 Å². The van der Waals surface area contributed by atoms with Crippen LogP contribution in [0.25, 0.3) is 6.08 Å². The quantitative estimate of drug-likeness (QED) is 0.342. The number of carbonyl (C=O) groups is 1. The van der Waals surface area contributed by atoms with E-state index in [9.17, 15) is 14.9 Å². The average Bonchev–Trinajstić information content (AvgIpc) is 2.20. The third-order valence-electron chi connectivity index (χ3n) is 1.58. The Balaban J connectivity index is 2.97. The lowest BCUT2D eigenvalue weighted by Gasteiger charge is -1.95. The first-order chi connectivity index (χ1) is 7.15. The van der Waals surface area contributed by atoms with Crippen LogP contribution in [0.3, 0.4) is 0 Å². The lowest BCUT2D eigenvalue weighted by atomic mass is 10.2. The number of halogens is 1. The summed E-state index contributed by atoms with van der Waals surface area (Å²) in [6.45, 7) is 0. The molecule has 0 unspecified atom stereocenters. The smallest absolute Gasteiger partial charge is 0.303 e. The number of nitro groups is 1. The molecule has 0 radical (unpaired) electrons. The van der Waals surface area contributed by atoms with Crippen LogP contribution in [0.15, 0.2) is 18.3 Å². The van der Waals surface area contributed by atoms with E-state index in [0.29, 0.717) is 5.56 Å². The van der Waals surface area contributed by atoms with E-state index in [1.54, 1.807) is 12.2 Å². The predicted octanol–water partition coefficient (Wildman–Crippen LogP) is 2.25. The van der Waals surface area contributed by atoms with E-state index in [1.807, 2.05) is 0 Å². The summed E-state index contributed by atoms with van der Waals surface area (Å²) in [5.41, 5.74) is 0.290. The third-order valence-corrected chi connectivity index (χ3v) is 1.87. The highest BCUT2D eigenvalue weighted by Crippen LogP contribution is 2.22. The van der Waals surface area contributed by atoms with Crippen LogP contribution in [0.2, 0.25) is 5.15 Å². The zero-order chi connectivity index (χ0) is 11.3. The topological polar surface area (TPSA) is 73.1 Å². The standard InChI is InChI=1S/C9H7ClN2O3/c10-9-8(12(14)15)5-7(6-11-9)3-1-2-4-13/h1,3-6H,2H2. The number of aromatic nitrogens is 1. The second-order valence-corrected chi connectivity index (χ2v) is 3.00. The first-order valence-electron chi connectivity index (χ1n) is 4.05. The van der Waals surface area contributed by atoms with Gasteiger partial charge in [-0.2, -0.15) is 0 Å². The zero-order valence-electron chi connectivity index (χ0n) is 7.59. The number of pyridine rings is 1. The van der Waals surface area contributed by atoms with Gasteiger partial charge in [-0.05, 0) is 5.56 Å². The Morgan fingerprint density at radius 3 is 2.93 bits per heavy atom. The fourth-order valence-corrected chi connectivity index (χ4v) is 1.10. The number of hydrogen-bond donors (Lipinski definition) is 0. The van der Waals surface area contributed by atoms with Gasteiger partial charge < -0.3 is 4.79 Å². The molecule has 0 N–H and O–H groups in total. The highest BCUT2D eigenvalue weighted by atomic mass is 35.5. The molecule has 0 atom stereocenters. The number of rotatable bonds is 4. The number of nitrogens with zero attached hydrogens (tertiary/aromatic N) is 2. The van der Waals surface area contributed by atoms with Crippen molar-refractivity contribution in [2.45, 2.75) is 6.42 Å². The summed E-state index contributed by atoms with van der Waals surface area (Å²) in [7, 11) is 0. The molecule has 1 aromatic heterocycles. The Kier molecular flexibility index (Phi) is 3.93. The van der Waals surface area contributed by atoms with E-state index in [2.05, 4.69) is 4.98 Å². The largest absolute Gasteiger partial charge is 0.307 e.